The molecule has 0 aliphatic rings. The van der Waals surface area contributed by atoms with Crippen LogP contribution in [0.2, 0.25) is 0 Å². The minimum Gasteiger partial charge on any atom is -0.464 e. The van der Waals surface area contributed by atoms with Crippen molar-refractivity contribution in [2.45, 2.75) is 6.10 Å². The fourth-order valence-corrected chi connectivity index (χ4v) is 3.70. The van der Waals surface area contributed by atoms with E-state index in [1.165, 1.54) is 17.4 Å². The van der Waals surface area contributed by atoms with Crippen LogP contribution in [0.15, 0.2) is 89.4 Å². The number of pyridine rings is 1. The van der Waals surface area contributed by atoms with Crippen LogP contribution >= 0.6 is 11.3 Å². The molecule has 6 nitrogen and oxygen atoms in total. The molecule has 1 aromatic carbocycles. The molecular formula is C24H20N2O4S. The van der Waals surface area contributed by atoms with E-state index in [4.69, 9.17) is 19.6 Å². The molecule has 0 radical (unpaired) electrons. The highest BCUT2D eigenvalue weighted by Crippen LogP contribution is 2.38. The summed E-state index contributed by atoms with van der Waals surface area (Å²) in [4.78, 5) is 18.3. The molecule has 2 N–H and O–H groups in total. The zero-order valence-electron chi connectivity index (χ0n) is 16.6. The van der Waals surface area contributed by atoms with Crippen LogP contribution in [0.5, 0.6) is 5.88 Å². The van der Waals surface area contributed by atoms with Gasteiger partial charge in [-0.1, -0.05) is 49.1 Å². The first-order chi connectivity index (χ1) is 15.2. The molecule has 156 valence electrons. The summed E-state index contributed by atoms with van der Waals surface area (Å²) in [6, 6.07) is 18.4. The van der Waals surface area contributed by atoms with Gasteiger partial charge in [0.2, 0.25) is 12.0 Å². The Morgan fingerprint density at radius 1 is 1.19 bits per heavy atom. The van der Waals surface area contributed by atoms with Crippen LogP contribution in [0.4, 0.5) is 5.69 Å². The normalized spacial score (nSPS) is 11.6. The van der Waals surface area contributed by atoms with E-state index in [1.807, 2.05) is 41.8 Å². The summed E-state index contributed by atoms with van der Waals surface area (Å²) >= 11 is 1.54. The van der Waals surface area contributed by atoms with Crippen LogP contribution in [0.3, 0.4) is 0 Å². The minimum atomic E-state index is -1.04. The number of nitrogen functional groups attached to an aromatic ring is 1. The van der Waals surface area contributed by atoms with Gasteiger partial charge in [-0.3, -0.25) is 0 Å². The molecule has 0 saturated carbocycles. The summed E-state index contributed by atoms with van der Waals surface area (Å²) < 4.78 is 16.9. The molecule has 0 fully saturated rings. The first-order valence-electron chi connectivity index (χ1n) is 9.54. The van der Waals surface area contributed by atoms with Gasteiger partial charge in [-0.25, -0.2) is 9.78 Å². The highest BCUT2D eigenvalue weighted by atomic mass is 32.1. The molecule has 0 amide bonds. The summed E-state index contributed by atoms with van der Waals surface area (Å²) in [5.74, 6) is 0.142. The van der Waals surface area contributed by atoms with E-state index in [1.54, 1.807) is 30.5 Å². The van der Waals surface area contributed by atoms with Crippen LogP contribution in [-0.4, -0.2) is 17.6 Å². The lowest BCUT2D eigenvalue weighted by molar-refractivity contribution is -0.151. The van der Waals surface area contributed by atoms with Crippen LogP contribution in [0.1, 0.15) is 11.7 Å². The fourth-order valence-electron chi connectivity index (χ4n) is 3.02. The number of hydrogen-bond acceptors (Lipinski definition) is 7. The number of benzene rings is 1. The van der Waals surface area contributed by atoms with Crippen molar-refractivity contribution in [3.8, 4) is 27.8 Å². The lowest BCUT2D eigenvalue weighted by Crippen LogP contribution is -2.22. The molecule has 0 aliphatic carbocycles. The number of rotatable bonds is 8. The average molecular weight is 433 g/mol. The Labute approximate surface area is 183 Å². The Balaban J connectivity index is 1.79. The SMILES string of the molecule is C=CCOC(=O)[C@H](Oc1nc(-c2cccs2)cc(-c2ccco2)c1N)c1ccccc1. The maximum Gasteiger partial charge on any atom is 0.352 e. The van der Waals surface area contributed by atoms with Crippen molar-refractivity contribution in [2.24, 2.45) is 0 Å². The number of hydrogen-bond donors (Lipinski definition) is 1. The van der Waals surface area contributed by atoms with Gasteiger partial charge >= 0.3 is 5.97 Å². The summed E-state index contributed by atoms with van der Waals surface area (Å²) in [5, 5.41) is 1.96. The zero-order valence-corrected chi connectivity index (χ0v) is 17.4. The van der Waals surface area contributed by atoms with Crippen molar-refractivity contribution in [3.05, 3.63) is 90.5 Å². The highest BCUT2D eigenvalue weighted by molar-refractivity contribution is 7.13. The van der Waals surface area contributed by atoms with E-state index in [0.29, 0.717) is 22.6 Å². The summed E-state index contributed by atoms with van der Waals surface area (Å²) in [6.45, 7) is 3.65. The third-order valence-corrected chi connectivity index (χ3v) is 5.37. The van der Waals surface area contributed by atoms with Gasteiger partial charge in [0.15, 0.2) is 0 Å². The van der Waals surface area contributed by atoms with Crippen molar-refractivity contribution in [1.29, 1.82) is 0 Å². The lowest BCUT2D eigenvalue weighted by atomic mass is 10.1. The molecule has 0 saturated heterocycles. The molecule has 0 bridgehead atoms. The Kier molecular flexibility index (Phi) is 6.14. The van der Waals surface area contributed by atoms with Gasteiger partial charge in [-0.05, 0) is 29.6 Å². The molecule has 7 heteroatoms. The number of nitrogens with two attached hydrogens (primary N) is 1. The Bertz CT molecular complexity index is 1160. The van der Waals surface area contributed by atoms with Gasteiger partial charge in [0.25, 0.3) is 0 Å². The zero-order chi connectivity index (χ0) is 21.6. The number of furan rings is 1. The van der Waals surface area contributed by atoms with Crippen LogP contribution in [0, 0.1) is 0 Å². The second-order valence-electron chi connectivity index (χ2n) is 6.56. The maximum absolute atomic E-state index is 12.8. The van der Waals surface area contributed by atoms with Crippen LogP contribution < -0.4 is 10.5 Å². The number of carbonyl (C=O) groups is 1. The minimum absolute atomic E-state index is 0.0708. The molecular weight excluding hydrogens is 412 g/mol. The van der Waals surface area contributed by atoms with Gasteiger partial charge in [0, 0.05) is 11.1 Å². The van der Waals surface area contributed by atoms with Crippen molar-refractivity contribution in [2.75, 3.05) is 12.3 Å². The number of thiophene rings is 1. The number of nitrogens with zero attached hydrogens (tertiary/aromatic N) is 1. The number of carbonyl (C=O) groups excluding carboxylic acids is 1. The highest BCUT2D eigenvalue weighted by Gasteiger charge is 2.27. The van der Waals surface area contributed by atoms with E-state index < -0.39 is 12.1 Å². The predicted molar refractivity (Wildman–Crippen MR) is 121 cm³/mol. The number of anilines is 1. The first-order valence-corrected chi connectivity index (χ1v) is 10.4. The molecule has 0 aliphatic heterocycles. The lowest BCUT2D eigenvalue weighted by Gasteiger charge is -2.20. The third kappa shape index (κ3) is 4.51. The molecule has 1 atom stereocenters. The van der Waals surface area contributed by atoms with E-state index in [-0.39, 0.29) is 18.2 Å². The van der Waals surface area contributed by atoms with Gasteiger partial charge < -0.3 is 19.6 Å². The first kappa shape index (κ1) is 20.4. The Morgan fingerprint density at radius 2 is 2.03 bits per heavy atom. The topological polar surface area (TPSA) is 87.6 Å². The third-order valence-electron chi connectivity index (χ3n) is 4.47. The maximum atomic E-state index is 12.8. The molecule has 31 heavy (non-hydrogen) atoms. The van der Waals surface area contributed by atoms with E-state index >= 15 is 0 Å². The smallest absolute Gasteiger partial charge is 0.352 e. The monoisotopic (exact) mass is 432 g/mol. The second-order valence-corrected chi connectivity index (χ2v) is 7.50. The molecule has 4 rings (SSSR count). The average Bonchev–Trinajstić information content (AvgIpc) is 3.52. The number of esters is 1. The van der Waals surface area contributed by atoms with Gasteiger partial charge in [0.1, 0.15) is 18.1 Å². The van der Waals surface area contributed by atoms with Gasteiger partial charge in [-0.2, -0.15) is 0 Å². The Morgan fingerprint density at radius 3 is 2.71 bits per heavy atom. The molecule has 0 unspecified atom stereocenters. The molecule has 3 aromatic heterocycles. The number of ether oxygens (including phenoxy) is 2. The number of aromatic nitrogens is 1. The summed E-state index contributed by atoms with van der Waals surface area (Å²) in [5.41, 5.74) is 8.60. The van der Waals surface area contributed by atoms with E-state index in [0.717, 1.165) is 4.88 Å². The summed E-state index contributed by atoms with van der Waals surface area (Å²) in [7, 11) is 0. The van der Waals surface area contributed by atoms with E-state index in [2.05, 4.69) is 11.6 Å². The van der Waals surface area contributed by atoms with Crippen molar-refractivity contribution in [1.82, 2.24) is 4.98 Å². The molecule has 3 heterocycles. The predicted octanol–water partition coefficient (Wildman–Crippen LogP) is 5.50. The standard InChI is InChI=1S/C24H20N2O4S/c1-2-12-29-24(27)22(16-8-4-3-5-9-16)30-23-21(25)17(19-10-6-13-28-19)15-18(26-23)20-11-7-14-31-20/h2-11,13-15,22H,1,12,25H2/t22-/m1/s1. The van der Waals surface area contributed by atoms with Gasteiger partial charge in [-0.15, -0.1) is 11.3 Å². The molecule has 0 spiro atoms. The van der Waals surface area contributed by atoms with Gasteiger partial charge in [0.05, 0.1) is 16.8 Å². The molecule has 4 aromatic rings. The van der Waals surface area contributed by atoms with Crippen molar-refractivity contribution < 1.29 is 18.7 Å². The van der Waals surface area contributed by atoms with Crippen LogP contribution in [0.25, 0.3) is 21.9 Å². The van der Waals surface area contributed by atoms with Crippen LogP contribution in [-0.2, 0) is 9.53 Å². The summed E-state index contributed by atoms with van der Waals surface area (Å²) in [6.07, 6.45) is 2.03. The second kappa shape index (κ2) is 9.32. The fraction of sp³-hybridized carbons (Fsp3) is 0.0833. The van der Waals surface area contributed by atoms with Crippen molar-refractivity contribution in [3.63, 3.8) is 0 Å². The largest absolute Gasteiger partial charge is 0.464 e. The Hall–Kier alpha value is -3.84. The van der Waals surface area contributed by atoms with Crippen molar-refractivity contribution >= 4 is 23.0 Å². The quantitative estimate of drug-likeness (QED) is 0.292. The van der Waals surface area contributed by atoms with E-state index in [9.17, 15) is 4.79 Å².